The lowest BCUT2D eigenvalue weighted by atomic mass is 10.1. The minimum atomic E-state index is -0.180. The summed E-state index contributed by atoms with van der Waals surface area (Å²) < 4.78 is 5.48. The van der Waals surface area contributed by atoms with E-state index in [1.807, 2.05) is 55.5 Å². The molecule has 1 aliphatic heterocycles. The van der Waals surface area contributed by atoms with Crippen molar-refractivity contribution >= 4 is 29.5 Å². The van der Waals surface area contributed by atoms with Crippen LogP contribution in [-0.4, -0.2) is 22.9 Å². The monoisotopic (exact) mass is 338 g/mol. The van der Waals surface area contributed by atoms with Crippen LogP contribution in [0, 0.1) is 0 Å². The Hall–Kier alpha value is -2.53. The maximum atomic E-state index is 11.3. The fourth-order valence-corrected chi connectivity index (χ4v) is 2.86. The number of methoxy groups -OCH3 is 1. The van der Waals surface area contributed by atoms with E-state index >= 15 is 0 Å². The van der Waals surface area contributed by atoms with Crippen LogP contribution in [0.3, 0.4) is 0 Å². The number of aromatic amines is 1. The molecule has 1 N–H and O–H groups in total. The SMILES string of the molecule is COc1cc(-c2ccccc2)[nH]c1/C=C1\N=C(C)C=C1CC(=O)S. The Kier molecular flexibility index (Phi) is 4.71. The number of nitrogens with one attached hydrogen (secondary N) is 1. The van der Waals surface area contributed by atoms with E-state index in [9.17, 15) is 4.79 Å². The molecule has 5 heteroatoms. The number of carbonyl (C=O) groups is 1. The van der Waals surface area contributed by atoms with Gasteiger partial charge in [-0.25, -0.2) is 0 Å². The van der Waals surface area contributed by atoms with E-state index in [2.05, 4.69) is 22.6 Å². The summed E-state index contributed by atoms with van der Waals surface area (Å²) >= 11 is 3.87. The van der Waals surface area contributed by atoms with Crippen molar-refractivity contribution in [1.29, 1.82) is 0 Å². The molecular weight excluding hydrogens is 320 g/mol. The predicted molar refractivity (Wildman–Crippen MR) is 101 cm³/mol. The van der Waals surface area contributed by atoms with E-state index < -0.39 is 0 Å². The lowest BCUT2D eigenvalue weighted by Gasteiger charge is -2.02. The maximum Gasteiger partial charge on any atom is 0.190 e. The van der Waals surface area contributed by atoms with Gasteiger partial charge in [0.2, 0.25) is 0 Å². The molecule has 1 aliphatic rings. The molecule has 2 heterocycles. The Morgan fingerprint density at radius 3 is 2.75 bits per heavy atom. The summed E-state index contributed by atoms with van der Waals surface area (Å²) in [6.07, 6.45) is 4.07. The second-order valence-electron chi connectivity index (χ2n) is 5.55. The summed E-state index contributed by atoms with van der Waals surface area (Å²) in [5.41, 5.74) is 5.36. The lowest BCUT2D eigenvalue weighted by Crippen LogP contribution is -1.92. The average Bonchev–Trinajstić information content (AvgIpc) is 3.11. The first-order chi connectivity index (χ1) is 11.6. The third-order valence-electron chi connectivity index (χ3n) is 3.75. The maximum absolute atomic E-state index is 11.3. The summed E-state index contributed by atoms with van der Waals surface area (Å²) in [5.74, 6) is 0.734. The van der Waals surface area contributed by atoms with Gasteiger partial charge in [0.15, 0.2) is 5.12 Å². The van der Waals surface area contributed by atoms with Gasteiger partial charge in [-0.1, -0.05) is 30.3 Å². The highest BCUT2D eigenvalue weighted by molar-refractivity contribution is 7.96. The van der Waals surface area contributed by atoms with Crippen LogP contribution in [0.5, 0.6) is 5.75 Å². The van der Waals surface area contributed by atoms with Gasteiger partial charge in [0.25, 0.3) is 0 Å². The topological polar surface area (TPSA) is 54.4 Å². The molecule has 0 aliphatic carbocycles. The third kappa shape index (κ3) is 3.51. The number of thiol groups is 1. The van der Waals surface area contributed by atoms with Crippen molar-refractivity contribution < 1.29 is 9.53 Å². The molecule has 1 aromatic heterocycles. The van der Waals surface area contributed by atoms with Gasteiger partial charge in [-0.2, -0.15) is 0 Å². The molecule has 3 rings (SSSR count). The molecule has 0 atom stereocenters. The number of carbonyl (C=O) groups excluding carboxylic acids is 1. The second-order valence-corrected chi connectivity index (χ2v) is 6.05. The van der Waals surface area contributed by atoms with E-state index in [1.54, 1.807) is 7.11 Å². The zero-order valence-corrected chi connectivity index (χ0v) is 14.4. The normalized spacial score (nSPS) is 15.4. The number of nitrogens with zero attached hydrogens (tertiary/aromatic N) is 1. The predicted octanol–water partition coefficient (Wildman–Crippen LogP) is 4.28. The number of hydrogen-bond acceptors (Lipinski definition) is 3. The van der Waals surface area contributed by atoms with Gasteiger partial charge in [-0.3, -0.25) is 9.79 Å². The molecule has 0 saturated heterocycles. The van der Waals surface area contributed by atoms with E-state index in [1.165, 1.54) is 0 Å². The van der Waals surface area contributed by atoms with Gasteiger partial charge >= 0.3 is 0 Å². The molecule has 0 unspecified atom stereocenters. The second kappa shape index (κ2) is 6.93. The highest BCUT2D eigenvalue weighted by atomic mass is 32.1. The number of rotatable bonds is 5. The highest BCUT2D eigenvalue weighted by Crippen LogP contribution is 2.31. The molecule has 0 amide bonds. The van der Waals surface area contributed by atoms with Crippen molar-refractivity contribution in [3.05, 3.63) is 59.4 Å². The standard InChI is InChI=1S/C19H18N2O2S/c1-12-8-14(9-19(22)24)15(20-12)10-17-18(23-2)11-16(21-17)13-6-4-3-5-7-13/h3-8,10-11,21H,9H2,1-2H3,(H,22,24)/b15-10-. The van der Waals surface area contributed by atoms with Crippen molar-refractivity contribution in [2.45, 2.75) is 13.3 Å². The summed E-state index contributed by atoms with van der Waals surface area (Å²) in [5, 5.41) is -0.180. The van der Waals surface area contributed by atoms with Crippen LogP contribution in [0.4, 0.5) is 0 Å². The Bertz CT molecular complexity index is 861. The van der Waals surface area contributed by atoms with Crippen molar-refractivity contribution in [3.63, 3.8) is 0 Å². The van der Waals surface area contributed by atoms with Gasteiger partial charge in [-0.05, 0) is 30.2 Å². The molecule has 0 bridgehead atoms. The third-order valence-corrected chi connectivity index (χ3v) is 3.90. The van der Waals surface area contributed by atoms with E-state index in [0.29, 0.717) is 0 Å². The zero-order chi connectivity index (χ0) is 17.1. The van der Waals surface area contributed by atoms with Crippen molar-refractivity contribution in [3.8, 4) is 17.0 Å². The van der Waals surface area contributed by atoms with Crippen LogP contribution in [0.15, 0.2) is 58.7 Å². The van der Waals surface area contributed by atoms with Crippen LogP contribution in [-0.2, 0) is 4.79 Å². The van der Waals surface area contributed by atoms with Crippen LogP contribution in [0.25, 0.3) is 17.3 Å². The summed E-state index contributed by atoms with van der Waals surface area (Å²) in [4.78, 5) is 19.2. The van der Waals surface area contributed by atoms with Gasteiger partial charge in [-0.15, -0.1) is 12.6 Å². The van der Waals surface area contributed by atoms with Crippen LogP contribution >= 0.6 is 12.6 Å². The molecule has 2 aromatic rings. The fourth-order valence-electron chi connectivity index (χ4n) is 2.69. The number of H-pyrrole nitrogens is 1. The average molecular weight is 338 g/mol. The van der Waals surface area contributed by atoms with E-state index in [0.717, 1.165) is 39.7 Å². The number of aromatic nitrogens is 1. The molecule has 1 aromatic carbocycles. The summed E-state index contributed by atoms with van der Waals surface area (Å²) in [6, 6.07) is 12.0. The van der Waals surface area contributed by atoms with Gasteiger partial charge in [0.05, 0.1) is 18.5 Å². The number of allylic oxidation sites excluding steroid dienone is 2. The van der Waals surface area contributed by atoms with Gasteiger partial charge < -0.3 is 9.72 Å². The molecule has 24 heavy (non-hydrogen) atoms. The minimum absolute atomic E-state index is 0.180. The van der Waals surface area contributed by atoms with Crippen molar-refractivity contribution in [2.24, 2.45) is 4.99 Å². The van der Waals surface area contributed by atoms with Crippen molar-refractivity contribution in [2.75, 3.05) is 7.11 Å². The van der Waals surface area contributed by atoms with Crippen LogP contribution in [0.1, 0.15) is 19.0 Å². The molecular formula is C19H18N2O2S. The molecule has 0 spiro atoms. The minimum Gasteiger partial charge on any atom is -0.494 e. The highest BCUT2D eigenvalue weighted by Gasteiger charge is 2.16. The van der Waals surface area contributed by atoms with Crippen LogP contribution in [0.2, 0.25) is 0 Å². The summed E-state index contributed by atoms with van der Waals surface area (Å²) in [6.45, 7) is 1.91. The number of ether oxygens (including phenoxy) is 1. The number of aliphatic imine (C=N–C) groups is 1. The van der Waals surface area contributed by atoms with E-state index in [-0.39, 0.29) is 11.5 Å². The zero-order valence-electron chi connectivity index (χ0n) is 13.5. The molecule has 4 nitrogen and oxygen atoms in total. The Morgan fingerprint density at radius 1 is 1.33 bits per heavy atom. The largest absolute Gasteiger partial charge is 0.494 e. The molecule has 122 valence electrons. The van der Waals surface area contributed by atoms with Gasteiger partial charge in [0.1, 0.15) is 5.75 Å². The van der Waals surface area contributed by atoms with Gasteiger partial charge in [0, 0.05) is 23.9 Å². The quantitative estimate of drug-likeness (QED) is 0.800. The molecule has 0 radical (unpaired) electrons. The Morgan fingerprint density at radius 2 is 2.08 bits per heavy atom. The van der Waals surface area contributed by atoms with Crippen molar-refractivity contribution in [1.82, 2.24) is 4.98 Å². The Balaban J connectivity index is 1.99. The molecule has 0 saturated carbocycles. The first kappa shape index (κ1) is 16.3. The summed E-state index contributed by atoms with van der Waals surface area (Å²) in [7, 11) is 1.64. The first-order valence-corrected chi connectivity index (χ1v) is 8.03. The van der Waals surface area contributed by atoms with E-state index in [4.69, 9.17) is 4.74 Å². The smallest absolute Gasteiger partial charge is 0.190 e. The lowest BCUT2D eigenvalue weighted by molar-refractivity contribution is -0.110. The van der Waals surface area contributed by atoms with Crippen LogP contribution < -0.4 is 4.74 Å². The Labute approximate surface area is 146 Å². The number of hydrogen-bond donors (Lipinski definition) is 2. The fraction of sp³-hybridized carbons (Fsp3) is 0.158. The number of benzene rings is 1. The first-order valence-electron chi connectivity index (χ1n) is 7.59. The molecule has 0 fully saturated rings.